The molecule has 0 heterocycles. The van der Waals surface area contributed by atoms with E-state index in [1.165, 1.54) is 41.5 Å². The highest BCUT2D eigenvalue weighted by Gasteiger charge is 1.95. The first-order valence-electron chi connectivity index (χ1n) is 8.35. The average Bonchev–Trinajstić information content (AvgIpc) is 2.55. The normalized spacial score (nSPS) is 8.64. The summed E-state index contributed by atoms with van der Waals surface area (Å²) in [5.41, 5.74) is 5.57. The van der Waals surface area contributed by atoms with E-state index in [1.807, 2.05) is 27.7 Å². The summed E-state index contributed by atoms with van der Waals surface area (Å²) in [6, 6.07) is 17.7. The summed E-state index contributed by atoms with van der Waals surface area (Å²) >= 11 is 0. The van der Waals surface area contributed by atoms with Crippen molar-refractivity contribution in [3.8, 4) is 0 Å². The van der Waals surface area contributed by atoms with Crippen LogP contribution >= 0.6 is 0 Å². The zero-order valence-electron chi connectivity index (χ0n) is 14.7. The topological polar surface area (TPSA) is 0 Å². The summed E-state index contributed by atoms with van der Waals surface area (Å²) in [6.07, 6.45) is 3.58. The van der Waals surface area contributed by atoms with Gasteiger partial charge in [0.25, 0.3) is 0 Å². The summed E-state index contributed by atoms with van der Waals surface area (Å²) in [5.74, 6) is 0. The molecule has 0 atom stereocenters. The summed E-state index contributed by atoms with van der Waals surface area (Å²) in [6.45, 7) is 12.3. The van der Waals surface area contributed by atoms with E-state index in [0.717, 1.165) is 0 Å². The smallest absolute Gasteiger partial charge is 0.0276 e. The Bertz CT molecular complexity index is 403. The van der Waals surface area contributed by atoms with E-state index in [1.54, 1.807) is 0 Å². The van der Waals surface area contributed by atoms with Gasteiger partial charge in [-0.1, -0.05) is 94.8 Å². The van der Waals surface area contributed by atoms with Crippen molar-refractivity contribution in [2.45, 2.75) is 68.2 Å². The molecule has 0 saturated heterocycles. The van der Waals surface area contributed by atoms with E-state index in [2.05, 4.69) is 62.4 Å². The molecular formula is C22H36. The molecule has 0 N–H and O–H groups in total. The molecule has 0 bridgehead atoms. The van der Waals surface area contributed by atoms with Crippen LogP contribution in [0.5, 0.6) is 0 Å². The van der Waals surface area contributed by atoms with Crippen LogP contribution in [0, 0.1) is 13.8 Å². The maximum Gasteiger partial charge on any atom is -0.0276 e. The third-order valence-electron chi connectivity index (χ3n) is 3.17. The maximum atomic E-state index is 2.24. The Hall–Kier alpha value is -1.56. The zero-order chi connectivity index (χ0) is 16.1. The lowest BCUT2D eigenvalue weighted by molar-refractivity contribution is 0.820. The molecule has 0 saturated carbocycles. The fraction of sp³-hybridized carbons (Fsp3) is 0.455. The number of rotatable bonds is 4. The Kier molecular flexibility index (Phi) is 14.8. The molecule has 0 amide bonds. The number of hydrogen-bond acceptors (Lipinski definition) is 0. The molecule has 124 valence electrons. The van der Waals surface area contributed by atoms with Crippen LogP contribution in [0.4, 0.5) is 0 Å². The average molecular weight is 301 g/mol. The first kappa shape index (κ1) is 22.7. The second-order valence-electron chi connectivity index (χ2n) is 4.82. The Morgan fingerprint density at radius 2 is 0.818 bits per heavy atom. The van der Waals surface area contributed by atoms with Crippen LogP contribution in [-0.4, -0.2) is 0 Å². The van der Waals surface area contributed by atoms with Gasteiger partial charge in [-0.3, -0.25) is 0 Å². The fourth-order valence-corrected chi connectivity index (χ4v) is 2.01. The van der Waals surface area contributed by atoms with Crippen LogP contribution in [0.15, 0.2) is 48.5 Å². The van der Waals surface area contributed by atoms with Gasteiger partial charge in [0.15, 0.2) is 0 Å². The SMILES string of the molecule is C.CC.CC.Cc1ccc(CCCc2ccc(C)cc2)cc1. The first-order chi connectivity index (χ1) is 10.2. The quantitative estimate of drug-likeness (QED) is 0.561. The van der Waals surface area contributed by atoms with Crippen molar-refractivity contribution in [3.63, 3.8) is 0 Å². The van der Waals surface area contributed by atoms with Gasteiger partial charge < -0.3 is 0 Å². The van der Waals surface area contributed by atoms with Gasteiger partial charge >= 0.3 is 0 Å². The lowest BCUT2D eigenvalue weighted by Gasteiger charge is -2.03. The van der Waals surface area contributed by atoms with Crippen LogP contribution in [0.3, 0.4) is 0 Å². The van der Waals surface area contributed by atoms with Gasteiger partial charge in [0.05, 0.1) is 0 Å². The molecule has 0 aromatic heterocycles. The van der Waals surface area contributed by atoms with Gasteiger partial charge in [-0.25, -0.2) is 0 Å². The molecule has 0 unspecified atom stereocenters. The lowest BCUT2D eigenvalue weighted by atomic mass is 10.0. The Morgan fingerprint density at radius 3 is 1.09 bits per heavy atom. The van der Waals surface area contributed by atoms with Crippen molar-refractivity contribution in [2.75, 3.05) is 0 Å². The van der Waals surface area contributed by atoms with Crippen molar-refractivity contribution >= 4 is 0 Å². The monoisotopic (exact) mass is 300 g/mol. The molecule has 0 radical (unpaired) electrons. The molecule has 0 aliphatic carbocycles. The second kappa shape index (κ2) is 14.4. The molecule has 2 rings (SSSR count). The predicted molar refractivity (Wildman–Crippen MR) is 104 cm³/mol. The standard InChI is InChI=1S/C17H20.2C2H6.CH4/c1-14-6-10-16(11-7-14)4-3-5-17-12-8-15(2)9-13-17;2*1-2;/h6-13H,3-5H2,1-2H3;2*1-2H3;1H4. The Labute approximate surface area is 139 Å². The van der Waals surface area contributed by atoms with Crippen molar-refractivity contribution in [1.29, 1.82) is 0 Å². The highest BCUT2D eigenvalue weighted by molar-refractivity contribution is 5.23. The highest BCUT2D eigenvalue weighted by Crippen LogP contribution is 2.10. The molecule has 2 aromatic rings. The zero-order valence-corrected chi connectivity index (χ0v) is 14.7. The van der Waals surface area contributed by atoms with Gasteiger partial charge in [-0.05, 0) is 44.2 Å². The van der Waals surface area contributed by atoms with Crippen LogP contribution in [0.1, 0.15) is 63.8 Å². The van der Waals surface area contributed by atoms with Crippen molar-refractivity contribution in [3.05, 3.63) is 70.8 Å². The minimum atomic E-state index is 0. The van der Waals surface area contributed by atoms with Crippen LogP contribution in [0.2, 0.25) is 0 Å². The largest absolute Gasteiger partial charge is 0.0776 e. The summed E-state index contributed by atoms with van der Waals surface area (Å²) in [7, 11) is 0. The van der Waals surface area contributed by atoms with E-state index < -0.39 is 0 Å². The minimum Gasteiger partial charge on any atom is -0.0776 e. The van der Waals surface area contributed by atoms with Crippen molar-refractivity contribution in [2.24, 2.45) is 0 Å². The molecule has 2 aromatic carbocycles. The molecule has 0 aliphatic heterocycles. The highest BCUT2D eigenvalue weighted by atomic mass is 14.0. The Morgan fingerprint density at radius 1 is 0.545 bits per heavy atom. The van der Waals surface area contributed by atoms with Crippen LogP contribution in [0.25, 0.3) is 0 Å². The van der Waals surface area contributed by atoms with Gasteiger partial charge in [-0.2, -0.15) is 0 Å². The molecule has 0 fully saturated rings. The Balaban J connectivity index is 0. The number of benzene rings is 2. The number of hydrogen-bond donors (Lipinski definition) is 0. The molecular weight excluding hydrogens is 264 g/mol. The minimum absolute atomic E-state index is 0. The second-order valence-corrected chi connectivity index (χ2v) is 4.82. The summed E-state index contributed by atoms with van der Waals surface area (Å²) < 4.78 is 0. The van der Waals surface area contributed by atoms with Gasteiger partial charge in [0.1, 0.15) is 0 Å². The predicted octanol–water partition coefficient (Wildman–Crippen LogP) is 7.17. The summed E-state index contributed by atoms with van der Waals surface area (Å²) in [5, 5.41) is 0. The molecule has 0 spiro atoms. The van der Waals surface area contributed by atoms with E-state index in [-0.39, 0.29) is 7.43 Å². The first-order valence-corrected chi connectivity index (χ1v) is 8.35. The molecule has 22 heavy (non-hydrogen) atoms. The van der Waals surface area contributed by atoms with E-state index in [4.69, 9.17) is 0 Å². The maximum absolute atomic E-state index is 2.24. The van der Waals surface area contributed by atoms with Crippen LogP contribution in [-0.2, 0) is 12.8 Å². The van der Waals surface area contributed by atoms with Gasteiger partial charge in [0.2, 0.25) is 0 Å². The van der Waals surface area contributed by atoms with Gasteiger partial charge in [-0.15, -0.1) is 0 Å². The summed E-state index contributed by atoms with van der Waals surface area (Å²) in [4.78, 5) is 0. The van der Waals surface area contributed by atoms with E-state index in [9.17, 15) is 0 Å². The number of aryl methyl sites for hydroxylation is 4. The van der Waals surface area contributed by atoms with Crippen molar-refractivity contribution in [1.82, 2.24) is 0 Å². The third kappa shape index (κ3) is 9.39. The van der Waals surface area contributed by atoms with E-state index in [0.29, 0.717) is 0 Å². The molecule has 0 nitrogen and oxygen atoms in total. The van der Waals surface area contributed by atoms with Crippen LogP contribution < -0.4 is 0 Å². The fourth-order valence-electron chi connectivity index (χ4n) is 2.01. The van der Waals surface area contributed by atoms with Crippen molar-refractivity contribution < 1.29 is 0 Å². The van der Waals surface area contributed by atoms with E-state index >= 15 is 0 Å². The lowest BCUT2D eigenvalue weighted by Crippen LogP contribution is -1.90. The third-order valence-corrected chi connectivity index (χ3v) is 3.17. The van der Waals surface area contributed by atoms with Gasteiger partial charge in [0, 0.05) is 0 Å². The molecule has 0 heteroatoms. The molecule has 0 aliphatic rings.